The standard InChI is InChI=1S/C50H77NO7/c1-6-8-10-12-14-16-18-20-22-24-26-28-30-32-34-36-38-40-48(52)57-45-46(44-56-43-42-47(50(54)55)51(3,4)5)58-49(53)41-39-37-35-33-31-29-27-25-23-21-19-17-15-13-11-9-7-2/h8-11,14-17,20-23,26-29,32-35,46-47H,6-7,12-13,18-19,24-25,30-31,36-45H2,1-5H3/p+1/b10-8+,11-9+,16-14+,17-15+,22-20+,23-21+,28-26+,29-27+,34-32+,35-33+. The number of quaternary nitrogens is 1. The Labute approximate surface area is 352 Å². The van der Waals surface area contributed by atoms with Crippen molar-refractivity contribution in [2.24, 2.45) is 0 Å². The largest absolute Gasteiger partial charge is 0.477 e. The molecule has 0 aromatic carbocycles. The molecule has 8 heteroatoms. The average Bonchev–Trinajstić information content (AvgIpc) is 3.18. The van der Waals surface area contributed by atoms with E-state index in [1.54, 1.807) is 0 Å². The van der Waals surface area contributed by atoms with Crippen LogP contribution in [0.4, 0.5) is 0 Å². The molecule has 0 aliphatic heterocycles. The number of carboxylic acid groups (broad SMARTS) is 1. The lowest BCUT2D eigenvalue weighted by Crippen LogP contribution is -2.50. The van der Waals surface area contributed by atoms with E-state index in [1.165, 1.54) is 0 Å². The number of esters is 2. The zero-order valence-corrected chi connectivity index (χ0v) is 36.7. The van der Waals surface area contributed by atoms with E-state index < -0.39 is 18.1 Å². The molecule has 0 aromatic rings. The van der Waals surface area contributed by atoms with Crippen LogP contribution in [-0.2, 0) is 28.6 Å². The molecule has 0 bridgehead atoms. The Bertz CT molecular complexity index is 1350. The molecule has 0 aliphatic carbocycles. The van der Waals surface area contributed by atoms with Crippen molar-refractivity contribution in [1.82, 2.24) is 0 Å². The fraction of sp³-hybridized carbons (Fsp3) is 0.540. The molecule has 0 heterocycles. The molecule has 8 nitrogen and oxygen atoms in total. The van der Waals surface area contributed by atoms with Gasteiger partial charge in [0, 0.05) is 19.3 Å². The molecular weight excluding hydrogens is 727 g/mol. The van der Waals surface area contributed by atoms with Crippen molar-refractivity contribution < 1.29 is 38.2 Å². The van der Waals surface area contributed by atoms with Crippen molar-refractivity contribution in [1.29, 1.82) is 0 Å². The second kappa shape index (κ2) is 39.6. The van der Waals surface area contributed by atoms with Gasteiger partial charge in [-0.15, -0.1) is 0 Å². The van der Waals surface area contributed by atoms with Crippen molar-refractivity contribution in [3.63, 3.8) is 0 Å². The molecule has 58 heavy (non-hydrogen) atoms. The minimum Gasteiger partial charge on any atom is -0.477 e. The van der Waals surface area contributed by atoms with Gasteiger partial charge < -0.3 is 23.8 Å². The summed E-state index contributed by atoms with van der Waals surface area (Å²) in [7, 11) is 5.47. The normalized spacial score (nSPS) is 14.2. The Kier molecular flexibility index (Phi) is 36.6. The molecule has 0 amide bonds. The highest BCUT2D eigenvalue weighted by Crippen LogP contribution is 2.10. The number of carboxylic acids is 1. The molecule has 0 radical (unpaired) electrons. The van der Waals surface area contributed by atoms with Crippen LogP contribution in [0.1, 0.15) is 123 Å². The summed E-state index contributed by atoms with van der Waals surface area (Å²) < 4.78 is 17.1. The monoisotopic (exact) mass is 805 g/mol. The van der Waals surface area contributed by atoms with Crippen LogP contribution in [0.3, 0.4) is 0 Å². The van der Waals surface area contributed by atoms with Crippen LogP contribution in [0, 0.1) is 0 Å². The third-order valence-corrected chi connectivity index (χ3v) is 8.61. The zero-order chi connectivity index (χ0) is 42.8. The first-order valence-electron chi connectivity index (χ1n) is 21.6. The minimum absolute atomic E-state index is 0.0112. The number of ether oxygens (including phenoxy) is 3. The predicted octanol–water partition coefficient (Wildman–Crippen LogP) is 11.9. The predicted molar refractivity (Wildman–Crippen MR) is 242 cm³/mol. The number of hydrogen-bond acceptors (Lipinski definition) is 6. The van der Waals surface area contributed by atoms with Gasteiger partial charge in [0.15, 0.2) is 12.1 Å². The third kappa shape index (κ3) is 37.3. The number of aliphatic carboxylic acids is 1. The van der Waals surface area contributed by atoms with Crippen molar-refractivity contribution in [2.45, 2.75) is 135 Å². The molecule has 1 N–H and O–H groups in total. The highest BCUT2D eigenvalue weighted by molar-refractivity contribution is 5.72. The molecule has 324 valence electrons. The summed E-state index contributed by atoms with van der Waals surface area (Å²) in [5.74, 6) is -1.64. The van der Waals surface area contributed by atoms with Crippen molar-refractivity contribution in [3.05, 3.63) is 122 Å². The topological polar surface area (TPSA) is 99.1 Å². The second-order valence-electron chi connectivity index (χ2n) is 14.8. The van der Waals surface area contributed by atoms with E-state index in [-0.39, 0.29) is 49.1 Å². The highest BCUT2D eigenvalue weighted by Gasteiger charge is 2.31. The third-order valence-electron chi connectivity index (χ3n) is 8.61. The van der Waals surface area contributed by atoms with Gasteiger partial charge >= 0.3 is 17.9 Å². The number of rotatable bonds is 36. The number of nitrogens with zero attached hydrogens (tertiary/aromatic N) is 1. The number of likely N-dealkylation sites (N-methyl/N-ethyl adjacent to an activating group) is 1. The number of unbranched alkanes of at least 4 members (excludes halogenated alkanes) is 2. The summed E-state index contributed by atoms with van der Waals surface area (Å²) in [5, 5.41) is 9.61. The Morgan fingerprint density at radius 2 is 0.879 bits per heavy atom. The summed E-state index contributed by atoms with van der Waals surface area (Å²) in [5.41, 5.74) is 0. The summed E-state index contributed by atoms with van der Waals surface area (Å²) in [6.07, 6.45) is 55.4. The van der Waals surface area contributed by atoms with E-state index in [9.17, 15) is 19.5 Å². The van der Waals surface area contributed by atoms with Crippen LogP contribution >= 0.6 is 0 Å². The summed E-state index contributed by atoms with van der Waals surface area (Å²) in [4.78, 5) is 36.9. The molecule has 0 saturated heterocycles. The van der Waals surface area contributed by atoms with Gasteiger partial charge in [-0.1, -0.05) is 135 Å². The maximum Gasteiger partial charge on any atom is 0.362 e. The van der Waals surface area contributed by atoms with E-state index in [0.717, 1.165) is 77.0 Å². The van der Waals surface area contributed by atoms with E-state index >= 15 is 0 Å². The van der Waals surface area contributed by atoms with Crippen LogP contribution in [-0.4, -0.2) is 80.6 Å². The van der Waals surface area contributed by atoms with Crippen LogP contribution in [0.25, 0.3) is 0 Å². The quantitative estimate of drug-likeness (QED) is 0.0291. The van der Waals surface area contributed by atoms with Gasteiger partial charge in [0.1, 0.15) is 6.61 Å². The Morgan fingerprint density at radius 3 is 1.24 bits per heavy atom. The summed E-state index contributed by atoms with van der Waals surface area (Å²) >= 11 is 0. The number of carbonyl (C=O) groups excluding carboxylic acids is 2. The van der Waals surface area contributed by atoms with Gasteiger partial charge in [0.2, 0.25) is 0 Å². The van der Waals surface area contributed by atoms with Crippen molar-refractivity contribution in [2.75, 3.05) is 41.0 Å². The van der Waals surface area contributed by atoms with Crippen LogP contribution < -0.4 is 0 Å². The van der Waals surface area contributed by atoms with Crippen LogP contribution in [0.15, 0.2) is 122 Å². The highest BCUT2D eigenvalue weighted by atomic mass is 16.6. The summed E-state index contributed by atoms with van der Waals surface area (Å²) in [6.45, 7) is 4.35. The van der Waals surface area contributed by atoms with Gasteiger partial charge in [-0.05, 0) is 89.9 Å². The SMILES string of the molecule is CC/C=C/C/C=C/C/C=C/C/C=C/C/C=C/CCCC(=O)OCC(COCCC(C(=O)O)[N+](C)(C)C)OC(=O)CCC/C=C/C/C=C/C/C=C/C/C=C/C/C=C/CC. The lowest BCUT2D eigenvalue weighted by Gasteiger charge is -2.31. The first-order chi connectivity index (χ1) is 28.1. The first kappa shape index (κ1) is 53.7. The van der Waals surface area contributed by atoms with Gasteiger partial charge in [0.25, 0.3) is 0 Å². The van der Waals surface area contributed by atoms with Crippen molar-refractivity contribution >= 4 is 17.9 Å². The van der Waals surface area contributed by atoms with Gasteiger partial charge in [-0.3, -0.25) is 9.59 Å². The fourth-order valence-corrected chi connectivity index (χ4v) is 5.34. The maximum absolute atomic E-state index is 12.7. The molecule has 2 unspecified atom stereocenters. The minimum atomic E-state index is -0.898. The summed E-state index contributed by atoms with van der Waals surface area (Å²) in [6, 6.07) is -0.641. The van der Waals surface area contributed by atoms with Crippen LogP contribution in [0.2, 0.25) is 0 Å². The lowest BCUT2D eigenvalue weighted by atomic mass is 10.1. The first-order valence-corrected chi connectivity index (χ1v) is 21.6. The smallest absolute Gasteiger partial charge is 0.362 e. The second-order valence-corrected chi connectivity index (χ2v) is 14.8. The molecule has 0 spiro atoms. The molecule has 0 rings (SSSR count). The molecule has 2 atom stereocenters. The van der Waals surface area contributed by atoms with E-state index in [1.807, 2.05) is 21.1 Å². The van der Waals surface area contributed by atoms with E-state index in [4.69, 9.17) is 14.2 Å². The number of carbonyl (C=O) groups is 3. The maximum atomic E-state index is 12.7. The Balaban J connectivity index is 4.59. The molecular formula is C50H78NO7+. The van der Waals surface area contributed by atoms with Crippen LogP contribution in [0.5, 0.6) is 0 Å². The fourth-order valence-electron chi connectivity index (χ4n) is 5.34. The van der Waals surface area contributed by atoms with E-state index in [2.05, 4.69) is 135 Å². The van der Waals surface area contributed by atoms with Gasteiger partial charge in [0.05, 0.1) is 34.4 Å². The number of allylic oxidation sites excluding steroid dienone is 20. The Hall–Kier alpha value is -4.27. The molecule has 0 aromatic heterocycles. The average molecular weight is 805 g/mol. The molecule has 0 aliphatic rings. The Morgan fingerprint density at radius 1 is 0.517 bits per heavy atom. The van der Waals surface area contributed by atoms with Gasteiger partial charge in [-0.2, -0.15) is 0 Å². The van der Waals surface area contributed by atoms with Gasteiger partial charge in [-0.25, -0.2) is 4.79 Å². The number of hydrogen-bond donors (Lipinski definition) is 1. The van der Waals surface area contributed by atoms with Crippen molar-refractivity contribution in [3.8, 4) is 0 Å². The lowest BCUT2D eigenvalue weighted by molar-refractivity contribution is -0.887. The zero-order valence-electron chi connectivity index (χ0n) is 36.7. The van der Waals surface area contributed by atoms with E-state index in [0.29, 0.717) is 19.3 Å². The molecule has 0 fully saturated rings. The molecule has 0 saturated carbocycles.